The topological polar surface area (TPSA) is 29.5 Å². The van der Waals surface area contributed by atoms with Crippen LogP contribution in [-0.4, -0.2) is 17.5 Å². The van der Waals surface area contributed by atoms with Crippen molar-refractivity contribution in [2.24, 2.45) is 17.8 Å². The summed E-state index contributed by atoms with van der Waals surface area (Å²) in [5.74, 6) is 2.21. The van der Waals surface area contributed by atoms with Crippen molar-refractivity contribution in [2.75, 3.05) is 0 Å². The quantitative estimate of drug-likeness (QED) is 0.650. The molecule has 0 aromatic heterocycles. The summed E-state index contributed by atoms with van der Waals surface area (Å²) in [5, 5.41) is 9.31. The van der Waals surface area contributed by atoms with E-state index in [0.29, 0.717) is 12.0 Å². The molecule has 1 saturated heterocycles. The molecule has 0 amide bonds. The Labute approximate surface area is 73.9 Å². The van der Waals surface area contributed by atoms with Gasteiger partial charge in [-0.15, -0.1) is 0 Å². The Balaban J connectivity index is 2.06. The second-order valence-corrected chi connectivity index (χ2v) is 4.31. The number of aliphatic hydroxyl groups is 1. The molecular formula is C10H18O2. The highest BCUT2D eigenvalue weighted by atomic mass is 16.6. The molecule has 0 radical (unpaired) electrons. The minimum atomic E-state index is -0.471. The van der Waals surface area contributed by atoms with Gasteiger partial charge in [0.15, 0.2) is 6.29 Å². The highest BCUT2D eigenvalue weighted by Crippen LogP contribution is 2.46. The normalized spacial score (nSPS) is 52.8. The third kappa shape index (κ3) is 1.17. The number of hydrogen-bond acceptors (Lipinski definition) is 2. The lowest BCUT2D eigenvalue weighted by molar-refractivity contribution is -0.0922. The third-order valence-electron chi connectivity index (χ3n) is 3.64. The van der Waals surface area contributed by atoms with E-state index in [1.807, 2.05) is 0 Å². The van der Waals surface area contributed by atoms with Crippen LogP contribution in [0.15, 0.2) is 0 Å². The van der Waals surface area contributed by atoms with Gasteiger partial charge >= 0.3 is 0 Å². The summed E-state index contributed by atoms with van der Waals surface area (Å²) in [6, 6.07) is 0. The van der Waals surface area contributed by atoms with E-state index in [4.69, 9.17) is 4.74 Å². The molecule has 0 aromatic carbocycles. The molecule has 0 bridgehead atoms. The van der Waals surface area contributed by atoms with Crippen LogP contribution in [0.2, 0.25) is 0 Å². The first kappa shape index (κ1) is 8.52. The summed E-state index contributed by atoms with van der Waals surface area (Å²) in [5.41, 5.74) is 0. The zero-order chi connectivity index (χ0) is 8.72. The van der Waals surface area contributed by atoms with Gasteiger partial charge in [0.2, 0.25) is 0 Å². The smallest absolute Gasteiger partial charge is 0.155 e. The van der Waals surface area contributed by atoms with Crippen molar-refractivity contribution in [3.8, 4) is 0 Å². The molecule has 1 saturated carbocycles. The van der Waals surface area contributed by atoms with Crippen LogP contribution in [0, 0.1) is 17.8 Å². The van der Waals surface area contributed by atoms with Gasteiger partial charge in [-0.2, -0.15) is 0 Å². The molecule has 2 heteroatoms. The van der Waals surface area contributed by atoms with Crippen LogP contribution in [0.1, 0.15) is 33.1 Å². The van der Waals surface area contributed by atoms with Crippen molar-refractivity contribution in [1.82, 2.24) is 0 Å². The predicted molar refractivity (Wildman–Crippen MR) is 46.5 cm³/mol. The predicted octanol–water partition coefficient (Wildman–Crippen LogP) is 1.78. The fourth-order valence-electron chi connectivity index (χ4n) is 3.09. The maximum atomic E-state index is 9.31. The lowest BCUT2D eigenvalue weighted by atomic mass is 9.86. The third-order valence-corrected chi connectivity index (χ3v) is 3.64. The summed E-state index contributed by atoms with van der Waals surface area (Å²) >= 11 is 0. The first-order valence-corrected chi connectivity index (χ1v) is 5.06. The lowest BCUT2D eigenvalue weighted by Crippen LogP contribution is -2.14. The van der Waals surface area contributed by atoms with Gasteiger partial charge in [-0.05, 0) is 24.2 Å². The zero-order valence-corrected chi connectivity index (χ0v) is 7.86. The van der Waals surface area contributed by atoms with Gasteiger partial charge in [0.1, 0.15) is 0 Å². The van der Waals surface area contributed by atoms with Crippen molar-refractivity contribution < 1.29 is 9.84 Å². The molecule has 1 unspecified atom stereocenters. The Bertz CT molecular complexity index is 169. The summed E-state index contributed by atoms with van der Waals surface area (Å²) in [4.78, 5) is 0. The minimum absolute atomic E-state index is 0.361. The van der Waals surface area contributed by atoms with E-state index in [9.17, 15) is 5.11 Å². The van der Waals surface area contributed by atoms with Crippen molar-refractivity contribution in [2.45, 2.75) is 45.5 Å². The molecule has 2 fully saturated rings. The van der Waals surface area contributed by atoms with E-state index < -0.39 is 6.29 Å². The molecule has 0 spiro atoms. The average Bonchev–Trinajstić information content (AvgIpc) is 2.43. The average molecular weight is 170 g/mol. The van der Waals surface area contributed by atoms with Crippen LogP contribution >= 0.6 is 0 Å². The van der Waals surface area contributed by atoms with Crippen LogP contribution < -0.4 is 0 Å². The van der Waals surface area contributed by atoms with Crippen LogP contribution in [0.4, 0.5) is 0 Å². The van der Waals surface area contributed by atoms with Gasteiger partial charge in [-0.1, -0.05) is 20.3 Å². The minimum Gasteiger partial charge on any atom is -0.368 e. The molecule has 1 N–H and O–H groups in total. The van der Waals surface area contributed by atoms with Crippen LogP contribution in [-0.2, 0) is 4.74 Å². The van der Waals surface area contributed by atoms with E-state index in [-0.39, 0.29) is 0 Å². The first-order valence-electron chi connectivity index (χ1n) is 5.06. The molecule has 1 aliphatic carbocycles. The van der Waals surface area contributed by atoms with E-state index in [1.165, 1.54) is 6.42 Å². The number of hydrogen-bond donors (Lipinski definition) is 1. The monoisotopic (exact) mass is 170 g/mol. The van der Waals surface area contributed by atoms with Crippen molar-refractivity contribution in [3.63, 3.8) is 0 Å². The highest BCUT2D eigenvalue weighted by Gasteiger charge is 2.46. The van der Waals surface area contributed by atoms with Gasteiger partial charge in [-0.3, -0.25) is 0 Å². The number of rotatable bonds is 1. The van der Waals surface area contributed by atoms with E-state index >= 15 is 0 Å². The zero-order valence-electron chi connectivity index (χ0n) is 7.86. The fourth-order valence-corrected chi connectivity index (χ4v) is 3.09. The van der Waals surface area contributed by atoms with Gasteiger partial charge < -0.3 is 9.84 Å². The molecule has 1 heterocycles. The largest absolute Gasteiger partial charge is 0.368 e. The Morgan fingerprint density at radius 2 is 2.17 bits per heavy atom. The molecule has 2 nitrogen and oxygen atoms in total. The standard InChI is InChI=1S/C10H18O2/c1-3-7-6(2)4-9-8(7)5-10(11)12-9/h6-11H,3-5H2,1-2H3/t6-,7+,8-,9+,10?/m0/s1. The molecule has 0 aromatic rings. The van der Waals surface area contributed by atoms with Gasteiger partial charge in [0.05, 0.1) is 6.10 Å². The second-order valence-electron chi connectivity index (χ2n) is 4.31. The summed E-state index contributed by atoms with van der Waals surface area (Å²) in [6.07, 6.45) is 3.15. The second kappa shape index (κ2) is 3.00. The van der Waals surface area contributed by atoms with Crippen LogP contribution in [0.25, 0.3) is 0 Å². The maximum absolute atomic E-state index is 9.31. The molecule has 5 atom stereocenters. The van der Waals surface area contributed by atoms with Gasteiger partial charge in [0.25, 0.3) is 0 Å². The van der Waals surface area contributed by atoms with Gasteiger partial charge in [0, 0.05) is 6.42 Å². The highest BCUT2D eigenvalue weighted by molar-refractivity contribution is 4.93. The SMILES string of the molecule is CC[C@H]1[C@@H]2CC(O)O[C@@H]2C[C@@H]1C. The number of aliphatic hydroxyl groups excluding tert-OH is 1. The summed E-state index contributed by atoms with van der Waals surface area (Å²) in [7, 11) is 0. The Kier molecular flexibility index (Phi) is 2.13. The van der Waals surface area contributed by atoms with E-state index in [0.717, 1.165) is 24.7 Å². The molecule has 12 heavy (non-hydrogen) atoms. The number of ether oxygens (including phenoxy) is 1. The molecule has 2 aliphatic rings. The van der Waals surface area contributed by atoms with Crippen molar-refractivity contribution in [3.05, 3.63) is 0 Å². The van der Waals surface area contributed by atoms with Crippen LogP contribution in [0.3, 0.4) is 0 Å². The molecular weight excluding hydrogens is 152 g/mol. The Hall–Kier alpha value is -0.0800. The Morgan fingerprint density at radius 3 is 2.83 bits per heavy atom. The van der Waals surface area contributed by atoms with Crippen molar-refractivity contribution in [1.29, 1.82) is 0 Å². The van der Waals surface area contributed by atoms with E-state index in [2.05, 4.69) is 13.8 Å². The maximum Gasteiger partial charge on any atom is 0.155 e. The first-order chi connectivity index (χ1) is 5.72. The van der Waals surface area contributed by atoms with Crippen molar-refractivity contribution >= 4 is 0 Å². The molecule has 70 valence electrons. The molecule has 2 rings (SSSR count). The Morgan fingerprint density at radius 1 is 1.42 bits per heavy atom. The van der Waals surface area contributed by atoms with Crippen LogP contribution in [0.5, 0.6) is 0 Å². The lowest BCUT2D eigenvalue weighted by Gasteiger charge is -2.18. The fraction of sp³-hybridized carbons (Fsp3) is 1.00. The van der Waals surface area contributed by atoms with E-state index in [1.54, 1.807) is 0 Å². The summed E-state index contributed by atoms with van der Waals surface area (Å²) < 4.78 is 5.44. The summed E-state index contributed by atoms with van der Waals surface area (Å²) in [6.45, 7) is 4.55. The van der Waals surface area contributed by atoms with Gasteiger partial charge in [-0.25, -0.2) is 0 Å². The molecule has 1 aliphatic heterocycles. The number of fused-ring (bicyclic) bond motifs is 1.